The normalized spacial score (nSPS) is 11.8. The van der Waals surface area contributed by atoms with Crippen molar-refractivity contribution in [2.75, 3.05) is 4.90 Å². The zero-order valence-corrected chi connectivity index (χ0v) is 30.4. The number of nitrogens with zero attached hydrogens (tertiary/aromatic N) is 1. The Labute approximate surface area is 312 Å². The lowest BCUT2D eigenvalue weighted by atomic mass is 10.0. The highest BCUT2D eigenvalue weighted by Crippen LogP contribution is 2.46. The molecular weight excluding hydrogens is 687 g/mol. The molecule has 0 aliphatic carbocycles. The first-order chi connectivity index (χ1) is 25.7. The molecule has 3 aromatic heterocycles. The summed E-state index contributed by atoms with van der Waals surface area (Å²) in [5.74, 6) is 0. The van der Waals surface area contributed by atoms with Crippen molar-refractivity contribution in [2.45, 2.75) is 0 Å². The highest BCUT2D eigenvalue weighted by Gasteiger charge is 2.18. The number of hydrogen-bond donors (Lipinski definition) is 0. The van der Waals surface area contributed by atoms with Crippen LogP contribution in [-0.2, 0) is 0 Å². The van der Waals surface area contributed by atoms with Crippen LogP contribution in [0.5, 0.6) is 0 Å². The molecule has 244 valence electrons. The smallest absolute Gasteiger partial charge is 0.0476 e. The lowest BCUT2D eigenvalue weighted by molar-refractivity contribution is 1.30. The van der Waals surface area contributed by atoms with E-state index in [2.05, 4.69) is 181 Å². The van der Waals surface area contributed by atoms with E-state index in [-0.39, 0.29) is 0 Å². The molecule has 0 radical (unpaired) electrons. The van der Waals surface area contributed by atoms with Gasteiger partial charge < -0.3 is 4.90 Å². The van der Waals surface area contributed by atoms with Gasteiger partial charge in [0.15, 0.2) is 0 Å². The molecule has 0 spiro atoms. The van der Waals surface area contributed by atoms with Gasteiger partial charge in [-0.1, -0.05) is 127 Å². The third-order valence-corrected chi connectivity index (χ3v) is 13.9. The summed E-state index contributed by atoms with van der Waals surface area (Å²) in [6, 6.07) is 64.8. The minimum Gasteiger partial charge on any atom is -0.310 e. The van der Waals surface area contributed by atoms with Crippen LogP contribution in [0.1, 0.15) is 0 Å². The second kappa shape index (κ2) is 11.9. The van der Waals surface area contributed by atoms with Gasteiger partial charge in [-0.3, -0.25) is 0 Å². The first kappa shape index (κ1) is 29.9. The topological polar surface area (TPSA) is 3.24 Å². The average Bonchev–Trinajstić information content (AvgIpc) is 3.94. The Kier molecular flexibility index (Phi) is 6.84. The van der Waals surface area contributed by atoms with E-state index in [1.165, 1.54) is 82.8 Å². The number of thiophene rings is 3. The van der Waals surface area contributed by atoms with Gasteiger partial charge in [0, 0.05) is 67.2 Å². The maximum absolute atomic E-state index is 2.43. The maximum Gasteiger partial charge on any atom is 0.0476 e. The van der Waals surface area contributed by atoms with E-state index in [0.29, 0.717) is 0 Å². The Morgan fingerprint density at radius 1 is 0.308 bits per heavy atom. The summed E-state index contributed by atoms with van der Waals surface area (Å²) < 4.78 is 5.30. The first-order valence-corrected chi connectivity index (χ1v) is 19.9. The molecule has 0 bridgehead atoms. The minimum atomic E-state index is 1.14. The molecular formula is C48H29NS3. The Balaban J connectivity index is 1.06. The van der Waals surface area contributed by atoms with Crippen molar-refractivity contribution in [1.82, 2.24) is 0 Å². The van der Waals surface area contributed by atoms with Gasteiger partial charge in [-0.25, -0.2) is 0 Å². The number of rotatable bonds is 5. The van der Waals surface area contributed by atoms with Gasteiger partial charge in [-0.05, 0) is 81.2 Å². The van der Waals surface area contributed by atoms with Crippen molar-refractivity contribution >= 4 is 113 Å². The van der Waals surface area contributed by atoms with Gasteiger partial charge >= 0.3 is 0 Å². The Bertz CT molecular complexity index is 2970. The highest BCUT2D eigenvalue weighted by atomic mass is 32.1. The average molecular weight is 716 g/mol. The fourth-order valence-corrected chi connectivity index (χ4v) is 11.3. The summed E-state index contributed by atoms with van der Waals surface area (Å²) in [5, 5.41) is 10.5. The summed E-state index contributed by atoms with van der Waals surface area (Å²) in [5.41, 5.74) is 5.94. The lowest BCUT2D eigenvalue weighted by Gasteiger charge is -2.26. The lowest BCUT2D eigenvalue weighted by Crippen LogP contribution is -2.09. The predicted molar refractivity (Wildman–Crippen MR) is 231 cm³/mol. The second-order valence-corrected chi connectivity index (χ2v) is 16.5. The molecule has 0 amide bonds. The molecule has 0 saturated heterocycles. The first-order valence-electron chi connectivity index (χ1n) is 17.5. The maximum atomic E-state index is 2.43. The highest BCUT2D eigenvalue weighted by molar-refractivity contribution is 7.27. The van der Waals surface area contributed by atoms with Crippen molar-refractivity contribution in [3.8, 4) is 20.9 Å². The largest absolute Gasteiger partial charge is 0.310 e. The van der Waals surface area contributed by atoms with Crippen LogP contribution in [0.4, 0.5) is 17.1 Å². The molecule has 0 aliphatic heterocycles. The van der Waals surface area contributed by atoms with Crippen molar-refractivity contribution in [3.63, 3.8) is 0 Å². The molecule has 0 atom stereocenters. The fourth-order valence-electron chi connectivity index (χ4n) is 7.74. The number of fused-ring (bicyclic) bond motifs is 10. The van der Waals surface area contributed by atoms with Crippen LogP contribution < -0.4 is 4.90 Å². The molecule has 11 rings (SSSR count). The molecule has 3 heterocycles. The minimum absolute atomic E-state index is 1.14. The van der Waals surface area contributed by atoms with E-state index >= 15 is 0 Å². The summed E-state index contributed by atoms with van der Waals surface area (Å²) in [6.45, 7) is 0. The van der Waals surface area contributed by atoms with Gasteiger partial charge in [0.05, 0.1) is 0 Å². The molecule has 8 aromatic carbocycles. The molecule has 0 fully saturated rings. The number of hydrogen-bond acceptors (Lipinski definition) is 4. The Hall–Kier alpha value is -5.78. The van der Waals surface area contributed by atoms with Gasteiger partial charge in [0.2, 0.25) is 0 Å². The zero-order chi connectivity index (χ0) is 34.2. The molecule has 0 aliphatic rings. The molecule has 1 nitrogen and oxygen atoms in total. The van der Waals surface area contributed by atoms with Gasteiger partial charge in [0.25, 0.3) is 0 Å². The molecule has 11 aromatic rings. The van der Waals surface area contributed by atoms with E-state index in [1.54, 1.807) is 0 Å². The predicted octanol–water partition coefficient (Wildman–Crippen LogP) is 15.6. The Morgan fingerprint density at radius 2 is 0.769 bits per heavy atom. The molecule has 4 heteroatoms. The monoisotopic (exact) mass is 715 g/mol. The summed E-state index contributed by atoms with van der Waals surface area (Å²) in [7, 11) is 0. The second-order valence-electron chi connectivity index (χ2n) is 13.3. The van der Waals surface area contributed by atoms with Crippen LogP contribution in [0.15, 0.2) is 176 Å². The van der Waals surface area contributed by atoms with Gasteiger partial charge in [0.1, 0.15) is 0 Å². The van der Waals surface area contributed by atoms with Crippen LogP contribution in [0, 0.1) is 0 Å². The van der Waals surface area contributed by atoms with Gasteiger partial charge in [-0.15, -0.1) is 34.0 Å². The third-order valence-electron chi connectivity index (χ3n) is 10.3. The summed E-state index contributed by atoms with van der Waals surface area (Å²) in [6.07, 6.45) is 0. The van der Waals surface area contributed by atoms with E-state index < -0.39 is 0 Å². The third kappa shape index (κ3) is 4.80. The van der Waals surface area contributed by atoms with Crippen molar-refractivity contribution in [2.24, 2.45) is 0 Å². The van der Waals surface area contributed by atoms with Crippen LogP contribution in [0.3, 0.4) is 0 Å². The van der Waals surface area contributed by atoms with Crippen LogP contribution >= 0.6 is 34.0 Å². The van der Waals surface area contributed by atoms with Gasteiger partial charge in [-0.2, -0.15) is 0 Å². The van der Waals surface area contributed by atoms with Crippen molar-refractivity contribution in [3.05, 3.63) is 176 Å². The van der Waals surface area contributed by atoms with E-state index in [1.807, 2.05) is 34.0 Å². The van der Waals surface area contributed by atoms with E-state index in [9.17, 15) is 0 Å². The van der Waals surface area contributed by atoms with Crippen molar-refractivity contribution in [1.29, 1.82) is 0 Å². The fraction of sp³-hybridized carbons (Fsp3) is 0. The standard InChI is InChI=1S/C48H29NS3/c1-2-10-32(11-3-1)43-26-27-44(50-43)33-14-18-34(19-15-33)49(35-20-24-39-41-22-16-30-8-4-6-12-37(30)47(41)51-45(39)28-35)36-21-25-40-42-23-17-31-9-5-7-13-38(31)48(42)52-46(40)29-36/h1-29H. The molecule has 52 heavy (non-hydrogen) atoms. The van der Waals surface area contributed by atoms with Crippen LogP contribution in [-0.4, -0.2) is 0 Å². The Morgan fingerprint density at radius 3 is 1.33 bits per heavy atom. The van der Waals surface area contributed by atoms with E-state index in [0.717, 1.165) is 17.1 Å². The zero-order valence-electron chi connectivity index (χ0n) is 27.9. The number of anilines is 3. The quantitative estimate of drug-likeness (QED) is 0.171. The molecule has 0 saturated carbocycles. The molecule has 0 unspecified atom stereocenters. The molecule has 0 N–H and O–H groups in total. The van der Waals surface area contributed by atoms with E-state index in [4.69, 9.17) is 0 Å². The number of benzene rings is 8. The SMILES string of the molecule is c1ccc(-c2ccc(-c3ccc(N(c4ccc5c(c4)sc4c6ccccc6ccc54)c4ccc5c(c4)sc4c6ccccc6ccc54)cc3)s2)cc1. The van der Waals surface area contributed by atoms with Crippen molar-refractivity contribution < 1.29 is 0 Å². The van der Waals surface area contributed by atoms with Crippen LogP contribution in [0.2, 0.25) is 0 Å². The van der Waals surface area contributed by atoms with Crippen LogP contribution in [0.25, 0.3) is 82.8 Å². The summed E-state index contributed by atoms with van der Waals surface area (Å²) in [4.78, 5) is 4.99. The summed E-state index contributed by atoms with van der Waals surface area (Å²) >= 11 is 5.64.